The van der Waals surface area contributed by atoms with Gasteiger partial charge in [0.1, 0.15) is 17.3 Å². The number of ether oxygens (including phenoxy) is 2. The minimum atomic E-state index is -3.97. The Morgan fingerprint density at radius 3 is 2.05 bits per heavy atom. The van der Waals surface area contributed by atoms with Crippen molar-refractivity contribution in [1.29, 1.82) is 0 Å². The van der Waals surface area contributed by atoms with Crippen LogP contribution in [-0.2, 0) is 26.6 Å². The van der Waals surface area contributed by atoms with Crippen LogP contribution in [0.1, 0.15) is 15.9 Å². The smallest absolute Gasteiger partial charge is 0.262 e. The number of halogens is 1. The lowest BCUT2D eigenvalue weighted by atomic mass is 10.1. The molecule has 4 aromatic rings. The summed E-state index contributed by atoms with van der Waals surface area (Å²) in [5, 5.41) is 2.69. The summed E-state index contributed by atoms with van der Waals surface area (Å²) in [6, 6.07) is 21.7. The Bertz CT molecular complexity index is 1780. The molecule has 0 aliphatic rings. The fourth-order valence-corrected chi connectivity index (χ4v) is 5.90. The summed E-state index contributed by atoms with van der Waals surface area (Å²) >= 11 is 0. The van der Waals surface area contributed by atoms with E-state index in [0.29, 0.717) is 22.7 Å². The zero-order valence-electron chi connectivity index (χ0n) is 22.9. The second kappa shape index (κ2) is 12.5. The van der Waals surface area contributed by atoms with Crippen LogP contribution in [0.4, 0.5) is 21.5 Å². The number of nitrogens with one attached hydrogen (secondary N) is 2. The van der Waals surface area contributed by atoms with Crippen LogP contribution in [0.2, 0.25) is 0 Å². The largest absolute Gasteiger partial charge is 0.497 e. The van der Waals surface area contributed by atoms with Gasteiger partial charge < -0.3 is 14.8 Å². The quantitative estimate of drug-likeness (QED) is 0.247. The molecule has 0 heterocycles. The van der Waals surface area contributed by atoms with E-state index in [2.05, 4.69) is 10.0 Å². The summed E-state index contributed by atoms with van der Waals surface area (Å²) in [4.78, 5) is 12.8. The van der Waals surface area contributed by atoms with Crippen LogP contribution >= 0.6 is 0 Å². The molecule has 13 heteroatoms. The molecule has 0 fully saturated rings. The summed E-state index contributed by atoms with van der Waals surface area (Å²) < 4.78 is 78.0. The van der Waals surface area contributed by atoms with Gasteiger partial charge in [0.15, 0.2) is 0 Å². The van der Waals surface area contributed by atoms with Crippen LogP contribution in [0, 0.1) is 5.82 Å². The van der Waals surface area contributed by atoms with Crippen LogP contribution in [0.15, 0.2) is 95.9 Å². The lowest BCUT2D eigenvalue weighted by molar-refractivity contribution is 0.102. The maximum atomic E-state index is 13.3. The molecule has 4 aromatic carbocycles. The average molecular weight is 614 g/mol. The first-order valence-corrected chi connectivity index (χ1v) is 15.7. The van der Waals surface area contributed by atoms with E-state index < -0.39 is 31.8 Å². The van der Waals surface area contributed by atoms with E-state index >= 15 is 0 Å². The Morgan fingerprint density at radius 1 is 0.833 bits per heavy atom. The molecule has 4 rings (SSSR count). The first-order chi connectivity index (χ1) is 19.9. The van der Waals surface area contributed by atoms with Gasteiger partial charge in [0, 0.05) is 17.3 Å². The highest BCUT2D eigenvalue weighted by atomic mass is 32.2. The summed E-state index contributed by atoms with van der Waals surface area (Å²) in [5.41, 5.74) is 1.74. The number of nitrogens with zero attached hydrogens (tertiary/aromatic N) is 1. The van der Waals surface area contributed by atoms with E-state index in [0.717, 1.165) is 10.6 Å². The van der Waals surface area contributed by atoms with Gasteiger partial charge in [-0.25, -0.2) is 21.2 Å². The molecule has 0 aliphatic heterocycles. The molecular weight excluding hydrogens is 585 g/mol. The molecule has 0 unspecified atom stereocenters. The number of carbonyl (C=O) groups is 1. The number of carbonyl (C=O) groups excluding carboxylic acids is 1. The van der Waals surface area contributed by atoms with Gasteiger partial charge in [-0.15, -0.1) is 0 Å². The number of benzene rings is 4. The Labute approximate surface area is 243 Å². The van der Waals surface area contributed by atoms with Crippen LogP contribution < -0.4 is 23.8 Å². The third-order valence-electron chi connectivity index (χ3n) is 6.13. The Kier molecular flexibility index (Phi) is 9.02. The summed E-state index contributed by atoms with van der Waals surface area (Å²) in [6.07, 6.45) is 1.06. The third kappa shape index (κ3) is 7.36. The Hall–Kier alpha value is -4.62. The van der Waals surface area contributed by atoms with Crippen molar-refractivity contribution in [3.63, 3.8) is 0 Å². The monoisotopic (exact) mass is 613 g/mol. The summed E-state index contributed by atoms with van der Waals surface area (Å²) in [6.45, 7) is -0.0139. The lowest BCUT2D eigenvalue weighted by Gasteiger charge is -2.22. The number of hydrogen-bond donors (Lipinski definition) is 2. The van der Waals surface area contributed by atoms with Crippen molar-refractivity contribution in [2.75, 3.05) is 34.8 Å². The molecule has 42 heavy (non-hydrogen) atoms. The van der Waals surface area contributed by atoms with E-state index in [9.17, 15) is 26.0 Å². The highest BCUT2D eigenvalue weighted by Crippen LogP contribution is 2.31. The maximum absolute atomic E-state index is 13.3. The van der Waals surface area contributed by atoms with Crippen molar-refractivity contribution < 1.29 is 35.5 Å². The molecule has 2 N–H and O–H groups in total. The predicted molar refractivity (Wildman–Crippen MR) is 159 cm³/mol. The standard InChI is InChI=1S/C29H28FN3O7S2/c1-39-25-14-17-27(28(18-25)40-2)32-42(37,38)26-15-10-23(11-16-26)31-29(34)21-6-12-24(13-7-21)33(41(3,35)36)19-20-4-8-22(30)9-5-20/h4-18,32H,19H2,1-3H3,(H,31,34). The van der Waals surface area contributed by atoms with Gasteiger partial charge in [0.2, 0.25) is 10.0 Å². The predicted octanol–water partition coefficient (Wildman–Crippen LogP) is 4.86. The molecule has 10 nitrogen and oxygen atoms in total. The van der Waals surface area contributed by atoms with E-state index in [1.165, 1.54) is 93.1 Å². The van der Waals surface area contributed by atoms with Gasteiger partial charge in [0.25, 0.3) is 15.9 Å². The molecule has 0 aromatic heterocycles. The molecule has 0 saturated heterocycles. The average Bonchev–Trinajstić information content (AvgIpc) is 2.96. The fraction of sp³-hybridized carbons (Fsp3) is 0.138. The SMILES string of the molecule is COc1ccc(NS(=O)(=O)c2ccc(NC(=O)c3ccc(N(Cc4ccc(F)cc4)S(C)(=O)=O)cc3)cc2)c(OC)c1. The van der Waals surface area contributed by atoms with Crippen molar-refractivity contribution in [3.8, 4) is 11.5 Å². The van der Waals surface area contributed by atoms with Gasteiger partial charge in [-0.05, 0) is 78.4 Å². The van der Waals surface area contributed by atoms with E-state index in [-0.39, 0.29) is 28.4 Å². The lowest BCUT2D eigenvalue weighted by Crippen LogP contribution is -2.29. The number of amides is 1. The normalized spacial score (nSPS) is 11.4. The highest BCUT2D eigenvalue weighted by Gasteiger charge is 2.20. The number of rotatable bonds is 11. The molecule has 0 saturated carbocycles. The fourth-order valence-electron chi connectivity index (χ4n) is 3.94. The molecule has 0 bridgehead atoms. The molecule has 0 radical (unpaired) electrons. The second-order valence-corrected chi connectivity index (χ2v) is 12.7. The molecule has 0 aliphatic carbocycles. The van der Waals surface area contributed by atoms with Crippen LogP contribution in [0.25, 0.3) is 0 Å². The summed E-state index contributed by atoms with van der Waals surface area (Å²) in [7, 11) is -4.75. The Morgan fingerprint density at radius 2 is 1.48 bits per heavy atom. The molecule has 220 valence electrons. The van der Waals surface area contributed by atoms with E-state index in [1.807, 2.05) is 0 Å². The molecule has 0 spiro atoms. The maximum Gasteiger partial charge on any atom is 0.262 e. The molecule has 1 amide bonds. The Balaban J connectivity index is 1.45. The van der Waals surface area contributed by atoms with E-state index in [1.54, 1.807) is 12.1 Å². The number of hydrogen-bond acceptors (Lipinski definition) is 7. The van der Waals surface area contributed by atoms with Crippen LogP contribution in [-0.4, -0.2) is 43.2 Å². The summed E-state index contributed by atoms with van der Waals surface area (Å²) in [5.74, 6) is -0.130. The molecule has 0 atom stereocenters. The first-order valence-electron chi connectivity index (χ1n) is 12.4. The van der Waals surface area contributed by atoms with Crippen molar-refractivity contribution in [2.45, 2.75) is 11.4 Å². The van der Waals surface area contributed by atoms with Crippen molar-refractivity contribution >= 4 is 43.0 Å². The second-order valence-electron chi connectivity index (χ2n) is 9.09. The van der Waals surface area contributed by atoms with Crippen LogP contribution in [0.5, 0.6) is 11.5 Å². The third-order valence-corrected chi connectivity index (χ3v) is 8.65. The van der Waals surface area contributed by atoms with E-state index in [4.69, 9.17) is 9.47 Å². The van der Waals surface area contributed by atoms with Crippen LogP contribution in [0.3, 0.4) is 0 Å². The highest BCUT2D eigenvalue weighted by molar-refractivity contribution is 7.92. The minimum Gasteiger partial charge on any atom is -0.497 e. The zero-order valence-corrected chi connectivity index (χ0v) is 24.5. The first kappa shape index (κ1) is 30.3. The van der Waals surface area contributed by atoms with Gasteiger partial charge in [0.05, 0.1) is 43.3 Å². The minimum absolute atomic E-state index is 0.0139. The number of sulfonamides is 2. The van der Waals surface area contributed by atoms with Gasteiger partial charge in [-0.1, -0.05) is 12.1 Å². The number of methoxy groups -OCH3 is 2. The van der Waals surface area contributed by atoms with Crippen molar-refractivity contribution in [1.82, 2.24) is 0 Å². The zero-order chi connectivity index (χ0) is 30.5. The van der Waals surface area contributed by atoms with Gasteiger partial charge in [-0.2, -0.15) is 0 Å². The molecular formula is C29H28FN3O7S2. The van der Waals surface area contributed by atoms with Gasteiger partial charge in [-0.3, -0.25) is 13.8 Å². The van der Waals surface area contributed by atoms with Crippen molar-refractivity contribution in [2.24, 2.45) is 0 Å². The van der Waals surface area contributed by atoms with Crippen molar-refractivity contribution in [3.05, 3.63) is 108 Å². The topological polar surface area (TPSA) is 131 Å². The van der Waals surface area contributed by atoms with Gasteiger partial charge >= 0.3 is 0 Å². The number of anilines is 3.